The van der Waals surface area contributed by atoms with Crippen molar-refractivity contribution >= 4 is 28.7 Å². The molecule has 1 atom stereocenters. The van der Waals surface area contributed by atoms with Crippen molar-refractivity contribution < 1.29 is 4.42 Å². The minimum atomic E-state index is 0.434. The third-order valence-corrected chi connectivity index (χ3v) is 3.62. The van der Waals surface area contributed by atoms with Crippen molar-refractivity contribution in [1.82, 2.24) is 10.3 Å². The molecule has 1 saturated heterocycles. The Kier molecular flexibility index (Phi) is 3.14. The van der Waals surface area contributed by atoms with Crippen molar-refractivity contribution in [2.45, 2.75) is 19.4 Å². The number of benzene rings is 1. The lowest BCUT2D eigenvalue weighted by molar-refractivity contribution is 0.530. The molecule has 96 valence electrons. The molecule has 1 N–H and O–H groups in total. The number of anilines is 1. The molecule has 18 heavy (non-hydrogen) atoms. The van der Waals surface area contributed by atoms with Gasteiger partial charge in [0.05, 0.1) is 0 Å². The van der Waals surface area contributed by atoms with Crippen LogP contribution in [0.3, 0.4) is 0 Å². The minimum Gasteiger partial charge on any atom is -0.423 e. The third kappa shape index (κ3) is 2.18. The SMILES string of the molecule is CC1CCNCCN1c1nc2cc(Cl)ccc2o1. The van der Waals surface area contributed by atoms with Crippen LogP contribution in [0.25, 0.3) is 11.1 Å². The lowest BCUT2D eigenvalue weighted by atomic mass is 10.2. The fourth-order valence-electron chi connectivity index (χ4n) is 2.31. The second kappa shape index (κ2) is 4.78. The van der Waals surface area contributed by atoms with Crippen molar-refractivity contribution in [2.75, 3.05) is 24.5 Å². The van der Waals surface area contributed by atoms with Crippen LogP contribution in [0.2, 0.25) is 5.02 Å². The van der Waals surface area contributed by atoms with Gasteiger partial charge in [0, 0.05) is 24.2 Å². The standard InChI is InChI=1S/C13H16ClN3O/c1-9-4-5-15-6-7-17(9)13-16-11-8-10(14)2-3-12(11)18-13/h2-3,8-9,15H,4-7H2,1H3. The number of fused-ring (bicyclic) bond motifs is 1. The van der Waals surface area contributed by atoms with Crippen LogP contribution in [0.1, 0.15) is 13.3 Å². The van der Waals surface area contributed by atoms with Crippen LogP contribution >= 0.6 is 11.6 Å². The third-order valence-electron chi connectivity index (χ3n) is 3.38. The van der Waals surface area contributed by atoms with E-state index in [1.807, 2.05) is 18.2 Å². The molecule has 2 heterocycles. The Bertz CT molecular complexity index is 554. The molecule has 1 aromatic heterocycles. The molecule has 0 amide bonds. The van der Waals surface area contributed by atoms with E-state index in [1.165, 1.54) is 0 Å². The summed E-state index contributed by atoms with van der Waals surface area (Å²) in [7, 11) is 0. The Morgan fingerprint density at radius 3 is 3.22 bits per heavy atom. The zero-order valence-electron chi connectivity index (χ0n) is 10.3. The molecule has 1 aliphatic rings. The van der Waals surface area contributed by atoms with E-state index in [0.717, 1.165) is 37.2 Å². The van der Waals surface area contributed by atoms with Crippen LogP contribution < -0.4 is 10.2 Å². The summed E-state index contributed by atoms with van der Waals surface area (Å²) < 4.78 is 5.82. The predicted molar refractivity (Wildman–Crippen MR) is 73.3 cm³/mol. The van der Waals surface area contributed by atoms with Gasteiger partial charge in [0.2, 0.25) is 0 Å². The van der Waals surface area contributed by atoms with Crippen LogP contribution in [-0.4, -0.2) is 30.7 Å². The first kappa shape index (κ1) is 11.8. The molecule has 1 unspecified atom stereocenters. The smallest absolute Gasteiger partial charge is 0.298 e. The van der Waals surface area contributed by atoms with Crippen molar-refractivity contribution in [3.05, 3.63) is 23.2 Å². The molecule has 0 saturated carbocycles. The largest absolute Gasteiger partial charge is 0.423 e. The molecule has 1 aliphatic heterocycles. The second-order valence-electron chi connectivity index (χ2n) is 4.69. The van der Waals surface area contributed by atoms with Gasteiger partial charge in [-0.15, -0.1) is 0 Å². The fourth-order valence-corrected chi connectivity index (χ4v) is 2.47. The van der Waals surface area contributed by atoms with Gasteiger partial charge in [-0.3, -0.25) is 0 Å². The molecular formula is C13H16ClN3O. The number of aromatic nitrogens is 1. The summed E-state index contributed by atoms with van der Waals surface area (Å²) in [6, 6.07) is 6.67. The normalized spacial score (nSPS) is 21.2. The number of rotatable bonds is 1. The number of halogens is 1. The highest BCUT2D eigenvalue weighted by Gasteiger charge is 2.21. The predicted octanol–water partition coefficient (Wildman–Crippen LogP) is 2.67. The number of hydrogen-bond acceptors (Lipinski definition) is 4. The molecule has 0 aliphatic carbocycles. The fraction of sp³-hybridized carbons (Fsp3) is 0.462. The summed E-state index contributed by atoms with van der Waals surface area (Å²) in [6.45, 7) is 5.13. The maximum atomic E-state index is 5.96. The lowest BCUT2D eigenvalue weighted by Crippen LogP contribution is -2.34. The Morgan fingerprint density at radius 2 is 2.33 bits per heavy atom. The number of oxazole rings is 1. The number of hydrogen-bond donors (Lipinski definition) is 1. The molecule has 3 rings (SSSR count). The number of nitrogens with one attached hydrogen (secondary N) is 1. The Balaban J connectivity index is 1.97. The van der Waals surface area contributed by atoms with Gasteiger partial charge in [-0.25, -0.2) is 0 Å². The van der Waals surface area contributed by atoms with E-state index in [9.17, 15) is 0 Å². The minimum absolute atomic E-state index is 0.434. The van der Waals surface area contributed by atoms with E-state index < -0.39 is 0 Å². The van der Waals surface area contributed by atoms with Gasteiger partial charge in [-0.2, -0.15) is 4.98 Å². The van der Waals surface area contributed by atoms with E-state index in [0.29, 0.717) is 17.1 Å². The number of nitrogens with zero attached hydrogens (tertiary/aromatic N) is 2. The van der Waals surface area contributed by atoms with Gasteiger partial charge in [0.15, 0.2) is 5.58 Å². The summed E-state index contributed by atoms with van der Waals surface area (Å²) in [5, 5.41) is 4.08. The lowest BCUT2D eigenvalue weighted by Gasteiger charge is -2.24. The average Bonchev–Trinajstić information content (AvgIpc) is 2.63. The maximum Gasteiger partial charge on any atom is 0.298 e. The molecule has 0 bridgehead atoms. The first-order valence-electron chi connectivity index (χ1n) is 6.27. The van der Waals surface area contributed by atoms with Crippen molar-refractivity contribution in [1.29, 1.82) is 0 Å². The average molecular weight is 266 g/mol. The van der Waals surface area contributed by atoms with Crippen LogP contribution in [0.4, 0.5) is 6.01 Å². The molecule has 0 radical (unpaired) electrons. The Morgan fingerprint density at radius 1 is 1.44 bits per heavy atom. The van der Waals surface area contributed by atoms with Gasteiger partial charge in [-0.1, -0.05) is 11.6 Å². The molecule has 0 spiro atoms. The van der Waals surface area contributed by atoms with Crippen LogP contribution in [0.15, 0.2) is 22.6 Å². The highest BCUT2D eigenvalue weighted by atomic mass is 35.5. The monoisotopic (exact) mass is 265 g/mol. The van der Waals surface area contributed by atoms with Gasteiger partial charge in [0.1, 0.15) is 5.52 Å². The zero-order valence-corrected chi connectivity index (χ0v) is 11.1. The van der Waals surface area contributed by atoms with Crippen molar-refractivity contribution in [3.8, 4) is 0 Å². The topological polar surface area (TPSA) is 41.3 Å². The van der Waals surface area contributed by atoms with Gasteiger partial charge in [0.25, 0.3) is 6.01 Å². The van der Waals surface area contributed by atoms with E-state index in [2.05, 4.69) is 22.1 Å². The maximum absolute atomic E-state index is 5.96. The van der Waals surface area contributed by atoms with Crippen LogP contribution in [0.5, 0.6) is 0 Å². The molecule has 1 aromatic carbocycles. The Hall–Kier alpha value is -1.26. The molecule has 1 fully saturated rings. The summed E-state index contributed by atoms with van der Waals surface area (Å²) in [5.41, 5.74) is 1.61. The van der Waals surface area contributed by atoms with Gasteiger partial charge < -0.3 is 14.6 Å². The van der Waals surface area contributed by atoms with E-state index in [-0.39, 0.29) is 0 Å². The summed E-state index contributed by atoms with van der Waals surface area (Å²) in [6.07, 6.45) is 1.10. The quantitative estimate of drug-likeness (QED) is 0.861. The highest BCUT2D eigenvalue weighted by molar-refractivity contribution is 6.31. The van der Waals surface area contributed by atoms with Crippen LogP contribution in [0, 0.1) is 0 Å². The molecule has 5 heteroatoms. The first-order valence-corrected chi connectivity index (χ1v) is 6.65. The van der Waals surface area contributed by atoms with Gasteiger partial charge >= 0.3 is 0 Å². The molecular weight excluding hydrogens is 250 g/mol. The summed E-state index contributed by atoms with van der Waals surface area (Å²) >= 11 is 5.96. The molecule has 2 aromatic rings. The van der Waals surface area contributed by atoms with Crippen LogP contribution in [-0.2, 0) is 0 Å². The van der Waals surface area contributed by atoms with E-state index >= 15 is 0 Å². The van der Waals surface area contributed by atoms with Gasteiger partial charge in [-0.05, 0) is 38.1 Å². The molecule has 4 nitrogen and oxygen atoms in total. The first-order chi connectivity index (χ1) is 8.74. The Labute approximate surface area is 111 Å². The van der Waals surface area contributed by atoms with Crippen molar-refractivity contribution in [2.24, 2.45) is 0 Å². The van der Waals surface area contributed by atoms with Crippen molar-refractivity contribution in [3.63, 3.8) is 0 Å². The highest BCUT2D eigenvalue weighted by Crippen LogP contribution is 2.26. The summed E-state index contributed by atoms with van der Waals surface area (Å²) in [4.78, 5) is 6.75. The van der Waals surface area contributed by atoms with E-state index in [4.69, 9.17) is 16.0 Å². The zero-order chi connectivity index (χ0) is 12.5. The van der Waals surface area contributed by atoms with E-state index in [1.54, 1.807) is 0 Å². The second-order valence-corrected chi connectivity index (χ2v) is 5.13. The summed E-state index contributed by atoms with van der Waals surface area (Å²) in [5.74, 6) is 0.